The van der Waals surface area contributed by atoms with Gasteiger partial charge >= 0.3 is 48.3 Å². The van der Waals surface area contributed by atoms with E-state index >= 15 is 0 Å². The highest BCUT2D eigenvalue weighted by atomic mass is 19.4. The molecule has 0 atom stereocenters. The first kappa shape index (κ1) is 51.6. The Kier molecular flexibility index (Phi) is 16.5. The second kappa shape index (κ2) is 21.5. The average Bonchev–Trinajstić information content (AvgIpc) is 3.27. The van der Waals surface area contributed by atoms with E-state index in [0.717, 1.165) is 48.5 Å². The number of amides is 4. The van der Waals surface area contributed by atoms with E-state index in [-0.39, 0.29) is 91.7 Å². The third-order valence-electron chi connectivity index (χ3n) is 10.8. The van der Waals surface area contributed by atoms with Crippen LogP contribution in [0.3, 0.4) is 0 Å². The van der Waals surface area contributed by atoms with Crippen molar-refractivity contribution in [3.05, 3.63) is 119 Å². The predicted molar refractivity (Wildman–Crippen MR) is 223 cm³/mol. The summed E-state index contributed by atoms with van der Waals surface area (Å²) in [6, 6.07) is 19.6. The number of hydrogen-bond acceptors (Lipinski definition) is 5. The molecule has 8 bridgehead atoms. The molecule has 67 heavy (non-hydrogen) atoms. The zero-order chi connectivity index (χ0) is 49.3. The van der Waals surface area contributed by atoms with Gasteiger partial charge in [-0.05, 0) is 116 Å². The summed E-state index contributed by atoms with van der Waals surface area (Å²) in [6.07, 6.45) is -20.7. The lowest BCUT2D eigenvalue weighted by molar-refractivity contribution is -0.170. The summed E-state index contributed by atoms with van der Waals surface area (Å²) in [5, 5.41) is 0. The van der Waals surface area contributed by atoms with Crippen LogP contribution in [0.5, 0.6) is 0 Å². The Morgan fingerprint density at radius 3 is 0.746 bits per heavy atom. The number of nitrogens with zero attached hydrogens (tertiary/aromatic N) is 4. The molecule has 4 aromatic carbocycles. The van der Waals surface area contributed by atoms with Crippen LogP contribution in [0.2, 0.25) is 0 Å². The summed E-state index contributed by atoms with van der Waals surface area (Å²) < 4.78 is 164. The molecule has 9 nitrogen and oxygen atoms in total. The van der Waals surface area contributed by atoms with E-state index in [0.29, 0.717) is 30.7 Å². The first-order chi connectivity index (χ1) is 31.4. The maximum absolute atomic E-state index is 13.7. The van der Waals surface area contributed by atoms with E-state index in [9.17, 15) is 76.7 Å². The van der Waals surface area contributed by atoms with E-state index in [1.54, 1.807) is 0 Å². The van der Waals surface area contributed by atoms with Crippen molar-refractivity contribution in [1.29, 1.82) is 0 Å². The monoisotopic (exact) mass is 958 g/mol. The molecular formula is C46H42F12N4O5. The lowest BCUT2D eigenvalue weighted by atomic mass is 10.0. The third-order valence-corrected chi connectivity index (χ3v) is 10.8. The number of anilines is 4. The number of ketones is 1. The van der Waals surface area contributed by atoms with Gasteiger partial charge in [0.1, 0.15) is 0 Å². The van der Waals surface area contributed by atoms with E-state index in [2.05, 4.69) is 0 Å². The van der Waals surface area contributed by atoms with Crippen LogP contribution < -0.4 is 19.6 Å². The minimum Gasteiger partial charge on any atom is -0.305 e. The minimum atomic E-state index is -5.31. The number of alkyl halides is 12. The van der Waals surface area contributed by atoms with Crippen molar-refractivity contribution in [2.24, 2.45) is 0 Å². The van der Waals surface area contributed by atoms with Gasteiger partial charge in [-0.2, -0.15) is 52.7 Å². The Balaban J connectivity index is 1.43. The van der Waals surface area contributed by atoms with Crippen molar-refractivity contribution >= 4 is 52.2 Å². The number of carbonyl (C=O) groups excluding carboxylic acids is 5. The van der Waals surface area contributed by atoms with E-state index < -0.39 is 80.3 Å². The second-order valence-corrected chi connectivity index (χ2v) is 15.6. The average molecular weight is 959 g/mol. The first-order valence-electron chi connectivity index (χ1n) is 20.8. The van der Waals surface area contributed by atoms with Gasteiger partial charge in [0, 0.05) is 60.1 Å². The molecule has 4 amide bonds. The highest BCUT2D eigenvalue weighted by molar-refractivity contribution is 6.10. The van der Waals surface area contributed by atoms with E-state index in [1.165, 1.54) is 48.5 Å². The van der Waals surface area contributed by atoms with Crippen LogP contribution in [-0.2, 0) is 25.6 Å². The molecule has 0 saturated carbocycles. The Bertz CT molecular complexity index is 2180. The molecular weight excluding hydrogens is 917 g/mol. The molecule has 21 heteroatoms. The van der Waals surface area contributed by atoms with Crippen LogP contribution in [0.25, 0.3) is 0 Å². The van der Waals surface area contributed by atoms with Gasteiger partial charge in [-0.15, -0.1) is 0 Å². The molecule has 0 spiro atoms. The zero-order valence-electron chi connectivity index (χ0n) is 35.3. The Labute approximate surface area is 375 Å². The summed E-state index contributed by atoms with van der Waals surface area (Å²) in [5.74, 6) is -9.51. The van der Waals surface area contributed by atoms with Crippen molar-refractivity contribution < 1.29 is 76.7 Å². The molecule has 0 unspecified atom stereocenters. The molecule has 4 aromatic rings. The van der Waals surface area contributed by atoms with Gasteiger partial charge in [-0.25, -0.2) is 0 Å². The smallest absolute Gasteiger partial charge is 0.305 e. The van der Waals surface area contributed by atoms with Crippen LogP contribution >= 0.6 is 0 Å². The number of halogens is 12. The maximum Gasteiger partial charge on any atom is 0.471 e. The summed E-state index contributed by atoms with van der Waals surface area (Å²) in [4.78, 5) is 65.1. The molecule has 0 aliphatic carbocycles. The lowest BCUT2D eigenvalue weighted by Gasteiger charge is -2.25. The maximum atomic E-state index is 13.7. The summed E-state index contributed by atoms with van der Waals surface area (Å²) in [5.41, 5.74) is 0.157. The number of hydrogen-bond donors (Lipinski definition) is 0. The van der Waals surface area contributed by atoms with Crippen molar-refractivity contribution in [1.82, 2.24) is 0 Å². The standard InChI is InChI=1S/C46H42F12N4O5/c47-43(48,49)39(64)59-25-5-1-3-7-27-61(41(66)45(53,54)55)36-21-13-32(14-22-36)38(63)33-15-23-37(24-16-33)62(42(67)46(56,57)58)28-8-4-2-6-26-60(40(65)44(50,51)52)35-19-11-31(12-20-35)29-30-9-17-34(59)18-10-30/h9-24H,1-8,25-29H2. The van der Waals surface area contributed by atoms with Gasteiger partial charge in [0.2, 0.25) is 0 Å². The lowest BCUT2D eigenvalue weighted by Crippen LogP contribution is -2.42. The zero-order valence-corrected chi connectivity index (χ0v) is 35.3. The quantitative estimate of drug-likeness (QED) is 0.164. The summed E-state index contributed by atoms with van der Waals surface area (Å²) in [7, 11) is 0. The fraction of sp³-hybridized carbons (Fsp3) is 0.370. The molecule has 0 saturated heterocycles. The van der Waals surface area contributed by atoms with Crippen LogP contribution in [0.1, 0.15) is 78.4 Å². The Hall–Kier alpha value is -6.41. The number of benzene rings is 4. The second-order valence-electron chi connectivity index (χ2n) is 15.6. The minimum absolute atomic E-state index is 0.0224. The highest BCUT2D eigenvalue weighted by Gasteiger charge is 2.45. The van der Waals surface area contributed by atoms with Crippen molar-refractivity contribution in [3.63, 3.8) is 0 Å². The van der Waals surface area contributed by atoms with Crippen LogP contribution in [0.15, 0.2) is 97.1 Å². The van der Waals surface area contributed by atoms with E-state index in [4.69, 9.17) is 0 Å². The molecule has 7 heterocycles. The molecule has 7 aliphatic rings. The molecule has 0 aromatic heterocycles. The van der Waals surface area contributed by atoms with Gasteiger partial charge in [-0.1, -0.05) is 49.9 Å². The van der Waals surface area contributed by atoms with Gasteiger partial charge in [-0.3, -0.25) is 24.0 Å². The van der Waals surface area contributed by atoms with Gasteiger partial charge in [0.25, 0.3) is 0 Å². The summed E-state index contributed by atoms with van der Waals surface area (Å²) in [6.45, 7) is -1.83. The molecule has 11 rings (SSSR count). The SMILES string of the molecule is O=C1c2ccc(cc2)N(C(=O)C(F)(F)F)CCCCCCN(C(=O)C(F)(F)F)c2ccc(cc2)Cc2ccc(cc2)N(C(=O)C(F)(F)F)CCCCCCN(C(=O)C(F)(F)F)c2ccc1cc2. The van der Waals surface area contributed by atoms with Crippen LogP contribution in [-0.4, -0.2) is 80.3 Å². The van der Waals surface area contributed by atoms with Crippen molar-refractivity contribution in [2.75, 3.05) is 45.8 Å². The fourth-order valence-electron chi connectivity index (χ4n) is 7.37. The highest BCUT2D eigenvalue weighted by Crippen LogP contribution is 2.31. The van der Waals surface area contributed by atoms with Crippen LogP contribution in [0.4, 0.5) is 75.4 Å². The first-order valence-corrected chi connectivity index (χ1v) is 20.8. The van der Waals surface area contributed by atoms with Crippen molar-refractivity contribution in [3.8, 4) is 0 Å². The molecule has 0 N–H and O–H groups in total. The molecule has 0 radical (unpaired) electrons. The molecule has 7 aliphatic heterocycles. The number of rotatable bonds is 0. The van der Waals surface area contributed by atoms with Gasteiger partial charge < -0.3 is 19.6 Å². The Morgan fingerprint density at radius 2 is 0.537 bits per heavy atom. The topological polar surface area (TPSA) is 98.3 Å². The largest absolute Gasteiger partial charge is 0.471 e. The predicted octanol–water partition coefficient (Wildman–Crippen LogP) is 10.9. The fourth-order valence-corrected chi connectivity index (χ4v) is 7.37. The summed E-state index contributed by atoms with van der Waals surface area (Å²) >= 11 is 0. The van der Waals surface area contributed by atoms with Gasteiger partial charge in [0.05, 0.1) is 0 Å². The number of carbonyl (C=O) groups is 5. The molecule has 360 valence electrons. The third kappa shape index (κ3) is 13.8. The van der Waals surface area contributed by atoms with Crippen molar-refractivity contribution in [2.45, 2.75) is 82.5 Å². The van der Waals surface area contributed by atoms with Gasteiger partial charge in [0.15, 0.2) is 5.78 Å². The molecule has 0 fully saturated rings. The van der Waals surface area contributed by atoms with Crippen LogP contribution in [0, 0.1) is 0 Å². The Morgan fingerprint density at radius 1 is 0.328 bits per heavy atom. The van der Waals surface area contributed by atoms with E-state index in [1.807, 2.05) is 0 Å². The normalized spacial score (nSPS) is 16.0.